The van der Waals surface area contributed by atoms with E-state index >= 15 is 0 Å². The van der Waals surface area contributed by atoms with Crippen LogP contribution < -0.4 is 5.32 Å². The lowest BCUT2D eigenvalue weighted by Crippen LogP contribution is -2.09. The smallest absolute Gasteiger partial charge is 0.341 e. The first-order valence-electron chi connectivity index (χ1n) is 10.8. The molecule has 0 aliphatic rings. The van der Waals surface area contributed by atoms with E-state index < -0.39 is 5.97 Å². The molecule has 7 heteroatoms. The minimum atomic E-state index is -1.17. The Hall–Kier alpha value is -3.74. The van der Waals surface area contributed by atoms with Crippen LogP contribution in [0.5, 0.6) is 0 Å². The Morgan fingerprint density at radius 2 is 1.47 bits per heavy atom. The van der Waals surface area contributed by atoms with Crippen molar-refractivity contribution in [1.82, 2.24) is 14.5 Å². The first-order chi connectivity index (χ1) is 15.5. The summed E-state index contributed by atoms with van der Waals surface area (Å²) < 4.78 is 1.67. The Labute approximate surface area is 188 Å². The van der Waals surface area contributed by atoms with Crippen molar-refractivity contribution in [3.8, 4) is 0 Å². The molecule has 2 heterocycles. The predicted molar refractivity (Wildman–Crippen MR) is 129 cm³/mol. The lowest BCUT2D eigenvalue weighted by molar-refractivity contribution is -0.105. The molecule has 2 aromatic carbocycles. The lowest BCUT2D eigenvalue weighted by atomic mass is 10.2. The van der Waals surface area contributed by atoms with Crippen LogP contribution in [-0.2, 0) is 11.3 Å². The number of rotatable bonds is 5. The molecule has 0 atom stereocenters. The zero-order valence-corrected chi connectivity index (χ0v) is 19.0. The second-order valence-electron chi connectivity index (χ2n) is 7.16. The number of hydrogen-bond donors (Lipinski definition) is 2. The molecule has 0 saturated carbocycles. The van der Waals surface area contributed by atoms with Gasteiger partial charge in [-0.3, -0.25) is 4.79 Å². The standard InChI is InChI=1S/C19H14N4O3.2C3H8/c24-11-20-17-15(19(25)26)16-18(22-14-9-5-4-8-13(14)21-16)23(17)10-12-6-2-1-3-7-12;2*1-3-2/h1-9,11H,10H2,(H,20,24)(H,25,26);2*3H2,1-2H3. The van der Waals surface area contributed by atoms with Crippen LogP contribution in [0.25, 0.3) is 22.2 Å². The van der Waals surface area contributed by atoms with Crippen molar-refractivity contribution >= 4 is 40.4 Å². The van der Waals surface area contributed by atoms with E-state index in [4.69, 9.17) is 0 Å². The van der Waals surface area contributed by atoms with Crippen LogP contribution in [0.2, 0.25) is 0 Å². The highest BCUT2D eigenvalue weighted by Crippen LogP contribution is 2.30. The maximum absolute atomic E-state index is 11.9. The third kappa shape index (κ3) is 5.69. The van der Waals surface area contributed by atoms with Gasteiger partial charge in [0.05, 0.1) is 17.6 Å². The van der Waals surface area contributed by atoms with Crippen LogP contribution in [0.3, 0.4) is 0 Å². The predicted octanol–water partition coefficient (Wildman–Crippen LogP) is 5.73. The van der Waals surface area contributed by atoms with Gasteiger partial charge >= 0.3 is 5.97 Å². The van der Waals surface area contributed by atoms with Gasteiger partial charge in [0.1, 0.15) is 16.9 Å². The van der Waals surface area contributed by atoms with Gasteiger partial charge in [0.15, 0.2) is 5.65 Å². The monoisotopic (exact) mass is 434 g/mol. The molecule has 4 rings (SSSR count). The number of carboxylic acid groups (broad SMARTS) is 1. The summed E-state index contributed by atoms with van der Waals surface area (Å²) in [7, 11) is 0. The topological polar surface area (TPSA) is 97.1 Å². The third-order valence-corrected chi connectivity index (χ3v) is 4.14. The molecule has 0 bridgehead atoms. The molecule has 2 N–H and O–H groups in total. The number of anilines is 1. The number of aromatic nitrogens is 3. The maximum Gasteiger partial charge on any atom is 0.341 e. The van der Waals surface area contributed by atoms with Gasteiger partial charge < -0.3 is 15.0 Å². The minimum Gasteiger partial charge on any atom is -0.477 e. The van der Waals surface area contributed by atoms with E-state index in [0.717, 1.165) is 5.56 Å². The summed E-state index contributed by atoms with van der Waals surface area (Å²) >= 11 is 0. The van der Waals surface area contributed by atoms with Gasteiger partial charge in [-0.05, 0) is 17.7 Å². The van der Waals surface area contributed by atoms with Crippen molar-refractivity contribution < 1.29 is 14.7 Å². The molecule has 1 amide bonds. The van der Waals surface area contributed by atoms with E-state index in [0.29, 0.717) is 29.6 Å². The molecule has 0 radical (unpaired) electrons. The number of carbonyl (C=O) groups excluding carboxylic acids is 1. The van der Waals surface area contributed by atoms with Crippen molar-refractivity contribution in [2.45, 2.75) is 47.1 Å². The van der Waals surface area contributed by atoms with Crippen molar-refractivity contribution in [2.24, 2.45) is 0 Å². The van der Waals surface area contributed by atoms with E-state index in [1.54, 1.807) is 10.6 Å². The quantitative estimate of drug-likeness (QED) is 0.391. The highest BCUT2D eigenvalue weighted by atomic mass is 16.4. The molecule has 0 unspecified atom stereocenters. The Bertz CT molecular complexity index is 1170. The number of carboxylic acids is 1. The number of aromatic carboxylic acids is 1. The Morgan fingerprint density at radius 3 is 2.00 bits per heavy atom. The fourth-order valence-electron chi connectivity index (χ4n) is 3.03. The molecule has 32 heavy (non-hydrogen) atoms. The molecule has 0 spiro atoms. The van der Waals surface area contributed by atoms with Gasteiger partial charge in [-0.1, -0.05) is 83.0 Å². The van der Waals surface area contributed by atoms with Crippen molar-refractivity contribution in [1.29, 1.82) is 0 Å². The Balaban J connectivity index is 0.000000547. The number of amides is 1. The molecule has 168 valence electrons. The zero-order chi connectivity index (χ0) is 23.5. The van der Waals surface area contributed by atoms with Crippen LogP contribution >= 0.6 is 0 Å². The summed E-state index contributed by atoms with van der Waals surface area (Å²) in [5.74, 6) is -1.00. The van der Waals surface area contributed by atoms with Gasteiger partial charge in [-0.25, -0.2) is 14.8 Å². The molecule has 7 nitrogen and oxygen atoms in total. The number of nitrogens with zero attached hydrogens (tertiary/aromatic N) is 3. The molecular formula is C25H30N4O3. The zero-order valence-electron chi connectivity index (χ0n) is 19.0. The van der Waals surface area contributed by atoms with E-state index in [1.165, 1.54) is 12.8 Å². The van der Waals surface area contributed by atoms with E-state index in [1.807, 2.05) is 48.5 Å². The minimum absolute atomic E-state index is 0.0683. The van der Waals surface area contributed by atoms with Gasteiger partial charge in [0.2, 0.25) is 6.41 Å². The molecule has 4 aromatic rings. The summed E-state index contributed by atoms with van der Waals surface area (Å²) in [4.78, 5) is 32.1. The fourth-order valence-corrected chi connectivity index (χ4v) is 3.03. The fraction of sp³-hybridized carbons (Fsp3) is 0.280. The van der Waals surface area contributed by atoms with Crippen LogP contribution in [0.1, 0.15) is 56.5 Å². The average Bonchev–Trinajstić information content (AvgIpc) is 3.06. The number of para-hydroxylation sites is 2. The summed E-state index contributed by atoms with van der Waals surface area (Å²) in [6, 6.07) is 16.8. The second kappa shape index (κ2) is 12.2. The summed E-state index contributed by atoms with van der Waals surface area (Å²) in [6.45, 7) is 8.85. The van der Waals surface area contributed by atoms with Crippen LogP contribution in [0.4, 0.5) is 5.82 Å². The first kappa shape index (κ1) is 24.5. The van der Waals surface area contributed by atoms with E-state index in [-0.39, 0.29) is 16.9 Å². The van der Waals surface area contributed by atoms with Gasteiger partial charge in [0.25, 0.3) is 0 Å². The third-order valence-electron chi connectivity index (χ3n) is 4.14. The highest BCUT2D eigenvalue weighted by molar-refractivity contribution is 6.09. The van der Waals surface area contributed by atoms with E-state index in [2.05, 4.69) is 43.0 Å². The van der Waals surface area contributed by atoms with Crippen LogP contribution in [0.15, 0.2) is 54.6 Å². The average molecular weight is 435 g/mol. The second-order valence-corrected chi connectivity index (χ2v) is 7.16. The molecule has 0 saturated heterocycles. The number of benzene rings is 2. The summed E-state index contributed by atoms with van der Waals surface area (Å²) in [5.41, 5.74) is 2.79. The molecule has 0 aliphatic carbocycles. The number of fused-ring (bicyclic) bond motifs is 2. The SMILES string of the molecule is CCC.CCC.O=CNc1c(C(=O)O)c2nc3ccccc3nc2n1Cc1ccccc1. The molecule has 2 aromatic heterocycles. The molecular weight excluding hydrogens is 404 g/mol. The summed E-state index contributed by atoms with van der Waals surface area (Å²) in [6.07, 6.45) is 2.96. The lowest BCUT2D eigenvalue weighted by Gasteiger charge is -2.10. The number of nitrogens with one attached hydrogen (secondary N) is 1. The molecule has 0 fully saturated rings. The maximum atomic E-state index is 11.9. The van der Waals surface area contributed by atoms with Crippen molar-refractivity contribution in [3.63, 3.8) is 0 Å². The van der Waals surface area contributed by atoms with Gasteiger partial charge in [-0.2, -0.15) is 0 Å². The number of hydrogen-bond acceptors (Lipinski definition) is 4. The highest BCUT2D eigenvalue weighted by Gasteiger charge is 2.25. The summed E-state index contributed by atoms with van der Waals surface area (Å²) in [5, 5.41) is 12.2. The van der Waals surface area contributed by atoms with Crippen LogP contribution in [0, 0.1) is 0 Å². The van der Waals surface area contributed by atoms with Crippen molar-refractivity contribution in [3.05, 3.63) is 65.7 Å². The molecule has 0 aliphatic heterocycles. The first-order valence-corrected chi connectivity index (χ1v) is 10.8. The normalized spacial score (nSPS) is 10.0. The van der Waals surface area contributed by atoms with Gasteiger partial charge in [0, 0.05) is 0 Å². The Morgan fingerprint density at radius 1 is 0.938 bits per heavy atom. The van der Waals surface area contributed by atoms with Crippen molar-refractivity contribution in [2.75, 3.05) is 5.32 Å². The number of carbonyl (C=O) groups is 2. The van der Waals surface area contributed by atoms with Gasteiger partial charge in [-0.15, -0.1) is 0 Å². The Kier molecular flexibility index (Phi) is 9.35. The van der Waals surface area contributed by atoms with E-state index in [9.17, 15) is 14.7 Å². The largest absolute Gasteiger partial charge is 0.477 e. The van der Waals surface area contributed by atoms with Crippen LogP contribution in [-0.4, -0.2) is 32.0 Å².